The minimum atomic E-state index is -0.720. The van der Waals surface area contributed by atoms with E-state index in [1.807, 2.05) is 13.1 Å². The van der Waals surface area contributed by atoms with Crippen LogP contribution in [0.25, 0.3) is 0 Å². The third-order valence-electron chi connectivity index (χ3n) is 2.70. The normalized spacial score (nSPS) is 26.6. The molecule has 1 aliphatic heterocycles. The van der Waals surface area contributed by atoms with Crippen LogP contribution >= 0.6 is 0 Å². The summed E-state index contributed by atoms with van der Waals surface area (Å²) in [4.78, 5) is 10.7. The average Bonchev–Trinajstić information content (AvgIpc) is 2.71. The fraction of sp³-hybridized carbons (Fsp3) is 0.556. The van der Waals surface area contributed by atoms with Gasteiger partial charge in [-0.05, 0) is 12.5 Å². The molecule has 0 aromatic carbocycles. The third-order valence-corrected chi connectivity index (χ3v) is 2.70. The summed E-state index contributed by atoms with van der Waals surface area (Å²) in [5.74, 6) is -0.989. The Morgan fingerprint density at radius 2 is 2.57 bits per heavy atom. The van der Waals surface area contributed by atoms with Gasteiger partial charge in [-0.15, -0.1) is 0 Å². The number of carboxylic acid groups (broad SMARTS) is 1. The lowest BCUT2D eigenvalue weighted by atomic mass is 10.0. The molecule has 2 unspecified atom stereocenters. The van der Waals surface area contributed by atoms with E-state index in [2.05, 4.69) is 10.4 Å². The summed E-state index contributed by atoms with van der Waals surface area (Å²) in [6.45, 7) is 0.547. The van der Waals surface area contributed by atoms with E-state index in [0.29, 0.717) is 13.0 Å². The maximum atomic E-state index is 10.7. The van der Waals surface area contributed by atoms with Gasteiger partial charge in [0.1, 0.15) is 0 Å². The molecule has 1 aromatic heterocycles. The van der Waals surface area contributed by atoms with Crippen LogP contribution in [0.15, 0.2) is 12.3 Å². The van der Waals surface area contributed by atoms with Crippen LogP contribution in [0.1, 0.15) is 18.2 Å². The first-order valence-corrected chi connectivity index (χ1v) is 4.62. The molecule has 5 heteroatoms. The Morgan fingerprint density at radius 3 is 3.07 bits per heavy atom. The van der Waals surface area contributed by atoms with Gasteiger partial charge < -0.3 is 10.4 Å². The summed E-state index contributed by atoms with van der Waals surface area (Å²) in [7, 11) is 1.87. The van der Waals surface area contributed by atoms with E-state index in [4.69, 9.17) is 5.11 Å². The van der Waals surface area contributed by atoms with Crippen LogP contribution in [-0.2, 0) is 11.8 Å². The smallest absolute Gasteiger partial charge is 0.307 e. The lowest BCUT2D eigenvalue weighted by Gasteiger charge is -2.09. The van der Waals surface area contributed by atoms with Gasteiger partial charge in [0.25, 0.3) is 0 Å². The Morgan fingerprint density at radius 1 is 1.79 bits per heavy atom. The van der Waals surface area contributed by atoms with Crippen LogP contribution in [0.2, 0.25) is 0 Å². The Bertz CT molecular complexity index is 348. The highest BCUT2D eigenvalue weighted by Gasteiger charge is 2.31. The molecule has 2 rings (SSSR count). The lowest BCUT2D eigenvalue weighted by Crippen LogP contribution is -2.18. The second-order valence-corrected chi connectivity index (χ2v) is 3.61. The number of aromatic nitrogens is 2. The zero-order valence-electron chi connectivity index (χ0n) is 7.97. The summed E-state index contributed by atoms with van der Waals surface area (Å²) >= 11 is 0. The molecular weight excluding hydrogens is 182 g/mol. The van der Waals surface area contributed by atoms with Gasteiger partial charge in [0, 0.05) is 19.8 Å². The van der Waals surface area contributed by atoms with Gasteiger partial charge in [-0.2, -0.15) is 5.10 Å². The number of aryl methyl sites for hydroxylation is 1. The lowest BCUT2D eigenvalue weighted by molar-refractivity contribution is -0.141. The number of rotatable bonds is 2. The summed E-state index contributed by atoms with van der Waals surface area (Å²) < 4.78 is 1.78. The van der Waals surface area contributed by atoms with Gasteiger partial charge >= 0.3 is 5.97 Å². The molecule has 2 atom stereocenters. The second kappa shape index (κ2) is 3.42. The molecule has 0 amide bonds. The monoisotopic (exact) mass is 195 g/mol. The molecule has 14 heavy (non-hydrogen) atoms. The zero-order chi connectivity index (χ0) is 10.1. The van der Waals surface area contributed by atoms with Crippen molar-refractivity contribution in [1.29, 1.82) is 0 Å². The fourth-order valence-electron chi connectivity index (χ4n) is 1.88. The van der Waals surface area contributed by atoms with Crippen molar-refractivity contribution in [3.8, 4) is 0 Å². The molecular formula is C9H13N3O2. The fourth-order valence-corrected chi connectivity index (χ4v) is 1.88. The standard InChI is InChI=1S/C9H13N3O2/c1-12-8(2-3-11-12)7-4-6(5-10-7)9(13)14/h2-3,6-7,10H,4-5H2,1H3,(H,13,14). The van der Waals surface area contributed by atoms with E-state index in [-0.39, 0.29) is 12.0 Å². The molecule has 5 nitrogen and oxygen atoms in total. The maximum Gasteiger partial charge on any atom is 0.307 e. The van der Waals surface area contributed by atoms with E-state index in [9.17, 15) is 4.79 Å². The molecule has 1 saturated heterocycles. The Kier molecular flexibility index (Phi) is 2.25. The van der Waals surface area contributed by atoms with Crippen LogP contribution in [-0.4, -0.2) is 27.4 Å². The molecule has 1 fully saturated rings. The number of carbonyl (C=O) groups is 1. The van der Waals surface area contributed by atoms with Crippen molar-refractivity contribution in [3.63, 3.8) is 0 Å². The minimum Gasteiger partial charge on any atom is -0.481 e. The molecule has 1 aliphatic rings. The largest absolute Gasteiger partial charge is 0.481 e. The summed E-state index contributed by atoms with van der Waals surface area (Å²) in [5.41, 5.74) is 1.05. The van der Waals surface area contributed by atoms with Crippen LogP contribution in [0, 0.1) is 5.92 Å². The van der Waals surface area contributed by atoms with Gasteiger partial charge in [0.15, 0.2) is 0 Å². The van der Waals surface area contributed by atoms with E-state index in [1.54, 1.807) is 10.9 Å². The molecule has 0 saturated carbocycles. The van der Waals surface area contributed by atoms with Crippen molar-refractivity contribution in [2.45, 2.75) is 12.5 Å². The minimum absolute atomic E-state index is 0.128. The van der Waals surface area contributed by atoms with Crippen molar-refractivity contribution in [2.75, 3.05) is 6.54 Å². The van der Waals surface area contributed by atoms with Gasteiger partial charge in [-0.25, -0.2) is 0 Å². The SMILES string of the molecule is Cn1nccc1C1CC(C(=O)O)CN1. The number of hydrogen-bond acceptors (Lipinski definition) is 3. The molecule has 0 spiro atoms. The van der Waals surface area contributed by atoms with Gasteiger partial charge in [0.2, 0.25) is 0 Å². The van der Waals surface area contributed by atoms with Crippen LogP contribution in [0.5, 0.6) is 0 Å². The second-order valence-electron chi connectivity index (χ2n) is 3.61. The first-order chi connectivity index (χ1) is 6.68. The van der Waals surface area contributed by atoms with Gasteiger partial charge in [0.05, 0.1) is 17.7 Å². The first-order valence-electron chi connectivity index (χ1n) is 4.62. The van der Waals surface area contributed by atoms with E-state index in [1.165, 1.54) is 0 Å². The van der Waals surface area contributed by atoms with Gasteiger partial charge in [-0.3, -0.25) is 9.48 Å². The topological polar surface area (TPSA) is 67.2 Å². The van der Waals surface area contributed by atoms with Crippen LogP contribution in [0.3, 0.4) is 0 Å². The third kappa shape index (κ3) is 1.50. The number of nitrogens with zero attached hydrogens (tertiary/aromatic N) is 2. The Hall–Kier alpha value is -1.36. The molecule has 0 bridgehead atoms. The number of hydrogen-bond donors (Lipinski definition) is 2. The van der Waals surface area contributed by atoms with E-state index < -0.39 is 5.97 Å². The predicted octanol–water partition coefficient (Wildman–Crippen LogP) is 0.155. The highest BCUT2D eigenvalue weighted by atomic mass is 16.4. The van der Waals surface area contributed by atoms with Crippen LogP contribution in [0.4, 0.5) is 0 Å². The highest BCUT2D eigenvalue weighted by molar-refractivity contribution is 5.70. The Labute approximate surface area is 81.7 Å². The Balaban J connectivity index is 2.10. The van der Waals surface area contributed by atoms with Crippen molar-refractivity contribution < 1.29 is 9.90 Å². The molecule has 0 aliphatic carbocycles. The number of nitrogens with one attached hydrogen (secondary N) is 1. The number of carboxylic acids is 1. The van der Waals surface area contributed by atoms with E-state index in [0.717, 1.165) is 5.69 Å². The molecule has 76 valence electrons. The zero-order valence-corrected chi connectivity index (χ0v) is 7.97. The highest BCUT2D eigenvalue weighted by Crippen LogP contribution is 2.26. The maximum absolute atomic E-state index is 10.7. The van der Waals surface area contributed by atoms with E-state index >= 15 is 0 Å². The molecule has 2 heterocycles. The van der Waals surface area contributed by atoms with Crippen molar-refractivity contribution >= 4 is 5.97 Å². The number of aliphatic carboxylic acids is 1. The van der Waals surface area contributed by atoms with Crippen molar-refractivity contribution in [3.05, 3.63) is 18.0 Å². The summed E-state index contributed by atoms with van der Waals surface area (Å²) in [6, 6.07) is 2.05. The van der Waals surface area contributed by atoms with Crippen molar-refractivity contribution in [2.24, 2.45) is 13.0 Å². The predicted molar refractivity (Wildman–Crippen MR) is 49.7 cm³/mol. The quantitative estimate of drug-likeness (QED) is 0.705. The molecule has 0 radical (unpaired) electrons. The average molecular weight is 195 g/mol. The van der Waals surface area contributed by atoms with Crippen LogP contribution < -0.4 is 5.32 Å². The summed E-state index contributed by atoms with van der Waals surface area (Å²) in [5, 5.41) is 16.1. The molecule has 2 N–H and O–H groups in total. The summed E-state index contributed by atoms with van der Waals surface area (Å²) in [6.07, 6.45) is 2.37. The first kappa shape index (κ1) is 9.21. The van der Waals surface area contributed by atoms with Crippen molar-refractivity contribution in [1.82, 2.24) is 15.1 Å². The van der Waals surface area contributed by atoms with Gasteiger partial charge in [-0.1, -0.05) is 0 Å². The molecule has 1 aromatic rings.